The molecular formula is C16H21N3O. The van der Waals surface area contributed by atoms with Gasteiger partial charge in [0.1, 0.15) is 23.1 Å². The van der Waals surface area contributed by atoms with Gasteiger partial charge in [0.25, 0.3) is 0 Å². The predicted molar refractivity (Wildman–Crippen MR) is 80.9 cm³/mol. The molecule has 4 nitrogen and oxygen atoms in total. The van der Waals surface area contributed by atoms with Crippen molar-refractivity contribution in [3.63, 3.8) is 0 Å². The van der Waals surface area contributed by atoms with Gasteiger partial charge in [0, 0.05) is 18.0 Å². The molecule has 1 saturated carbocycles. The number of nitrogens with zero attached hydrogens (tertiary/aromatic N) is 2. The van der Waals surface area contributed by atoms with Gasteiger partial charge in [-0.25, -0.2) is 4.98 Å². The van der Waals surface area contributed by atoms with E-state index in [-0.39, 0.29) is 0 Å². The number of ether oxygens (including phenoxy) is 1. The highest BCUT2D eigenvalue weighted by Gasteiger charge is 2.31. The zero-order chi connectivity index (χ0) is 14.1. The number of anilines is 1. The number of para-hydroxylation sites is 1. The van der Waals surface area contributed by atoms with E-state index >= 15 is 0 Å². The summed E-state index contributed by atoms with van der Waals surface area (Å²) in [4.78, 5) is 4.81. The lowest BCUT2D eigenvalue weighted by atomic mass is 10.1. The molecule has 0 atom stereocenters. The highest BCUT2D eigenvalue weighted by molar-refractivity contribution is 5.76. The van der Waals surface area contributed by atoms with Crippen molar-refractivity contribution in [1.82, 2.24) is 9.55 Å². The molecule has 1 aromatic carbocycles. The van der Waals surface area contributed by atoms with Crippen molar-refractivity contribution in [2.24, 2.45) is 0 Å². The van der Waals surface area contributed by atoms with Gasteiger partial charge in [0.2, 0.25) is 0 Å². The molecule has 0 unspecified atom stereocenters. The first-order valence-corrected chi connectivity index (χ1v) is 7.34. The summed E-state index contributed by atoms with van der Waals surface area (Å²) >= 11 is 0. The molecule has 0 bridgehead atoms. The second-order valence-corrected chi connectivity index (χ2v) is 5.15. The molecule has 0 radical (unpaired) electrons. The maximum atomic E-state index is 6.32. The van der Waals surface area contributed by atoms with Crippen molar-refractivity contribution in [1.29, 1.82) is 0 Å². The van der Waals surface area contributed by atoms with Gasteiger partial charge in [-0.1, -0.05) is 12.1 Å². The fourth-order valence-electron chi connectivity index (χ4n) is 2.61. The summed E-state index contributed by atoms with van der Waals surface area (Å²) in [6.07, 6.45) is 2.45. The summed E-state index contributed by atoms with van der Waals surface area (Å²) in [6.45, 7) is 5.60. The lowest BCUT2D eigenvalue weighted by Gasteiger charge is -2.09. The number of benzene rings is 1. The molecule has 1 heterocycles. The normalized spacial score (nSPS) is 14.5. The molecular weight excluding hydrogens is 250 g/mol. The Balaban J connectivity index is 2.10. The number of imidazole rings is 1. The minimum atomic E-state index is 0.588. The van der Waals surface area contributed by atoms with Crippen LogP contribution in [-0.4, -0.2) is 16.2 Å². The van der Waals surface area contributed by atoms with Crippen LogP contribution in [0.4, 0.5) is 5.82 Å². The van der Waals surface area contributed by atoms with Gasteiger partial charge in [-0.3, -0.25) is 0 Å². The van der Waals surface area contributed by atoms with Gasteiger partial charge < -0.3 is 15.0 Å². The zero-order valence-electron chi connectivity index (χ0n) is 12.1. The Morgan fingerprint density at radius 3 is 2.70 bits per heavy atom. The first-order chi connectivity index (χ1) is 9.76. The Kier molecular flexibility index (Phi) is 3.38. The summed E-state index contributed by atoms with van der Waals surface area (Å²) in [5, 5.41) is 0. The van der Waals surface area contributed by atoms with Crippen molar-refractivity contribution in [3.8, 4) is 17.0 Å². The van der Waals surface area contributed by atoms with Crippen molar-refractivity contribution in [3.05, 3.63) is 30.1 Å². The molecule has 1 aliphatic carbocycles. The average molecular weight is 271 g/mol. The zero-order valence-corrected chi connectivity index (χ0v) is 12.1. The summed E-state index contributed by atoms with van der Waals surface area (Å²) in [6, 6.07) is 7.97. The average Bonchev–Trinajstić information content (AvgIpc) is 3.24. The van der Waals surface area contributed by atoms with E-state index < -0.39 is 0 Å². The summed E-state index contributed by atoms with van der Waals surface area (Å²) in [7, 11) is 0. The Bertz CT molecular complexity index is 614. The number of hydrogen-bond donors (Lipinski definition) is 1. The molecule has 0 spiro atoms. The van der Waals surface area contributed by atoms with E-state index in [0.29, 0.717) is 12.5 Å². The molecule has 0 saturated heterocycles. The minimum absolute atomic E-state index is 0.588. The number of nitrogens with two attached hydrogens (primary N) is 1. The highest BCUT2D eigenvalue weighted by atomic mass is 16.5. The lowest BCUT2D eigenvalue weighted by molar-refractivity contribution is 0.341. The van der Waals surface area contributed by atoms with Crippen LogP contribution in [0.15, 0.2) is 24.3 Å². The molecule has 2 N–H and O–H groups in total. The summed E-state index contributed by atoms with van der Waals surface area (Å²) in [5.74, 6) is 3.32. The van der Waals surface area contributed by atoms with Gasteiger partial charge in [-0.05, 0) is 38.8 Å². The van der Waals surface area contributed by atoms with E-state index in [1.54, 1.807) is 0 Å². The third-order valence-corrected chi connectivity index (χ3v) is 3.74. The van der Waals surface area contributed by atoms with Crippen molar-refractivity contribution in [2.75, 3.05) is 12.3 Å². The van der Waals surface area contributed by atoms with Gasteiger partial charge >= 0.3 is 0 Å². The molecule has 1 aromatic heterocycles. The molecule has 0 amide bonds. The Labute approximate surface area is 119 Å². The van der Waals surface area contributed by atoms with Gasteiger partial charge in [0.05, 0.1) is 6.61 Å². The van der Waals surface area contributed by atoms with E-state index in [2.05, 4.69) is 11.5 Å². The SMILES string of the molecule is CCOc1ccccc1-c1nc(C2CC2)n(CC)c1N. The molecule has 3 rings (SSSR count). The minimum Gasteiger partial charge on any atom is -0.493 e. The Morgan fingerprint density at radius 1 is 1.30 bits per heavy atom. The van der Waals surface area contributed by atoms with Crippen LogP contribution < -0.4 is 10.5 Å². The number of nitrogen functional groups attached to an aromatic ring is 1. The fourth-order valence-corrected chi connectivity index (χ4v) is 2.61. The van der Waals surface area contributed by atoms with E-state index in [9.17, 15) is 0 Å². The smallest absolute Gasteiger partial charge is 0.131 e. The van der Waals surface area contributed by atoms with Gasteiger partial charge in [-0.2, -0.15) is 0 Å². The van der Waals surface area contributed by atoms with Gasteiger partial charge in [-0.15, -0.1) is 0 Å². The van der Waals surface area contributed by atoms with Crippen LogP contribution in [0.25, 0.3) is 11.3 Å². The van der Waals surface area contributed by atoms with Crippen LogP contribution >= 0.6 is 0 Å². The first kappa shape index (κ1) is 13.0. The van der Waals surface area contributed by atoms with Crippen molar-refractivity contribution >= 4 is 5.82 Å². The van der Waals surface area contributed by atoms with Crippen LogP contribution in [0.3, 0.4) is 0 Å². The first-order valence-electron chi connectivity index (χ1n) is 7.34. The monoisotopic (exact) mass is 271 g/mol. The summed E-state index contributed by atoms with van der Waals surface area (Å²) in [5.41, 5.74) is 8.17. The molecule has 1 aliphatic rings. The second-order valence-electron chi connectivity index (χ2n) is 5.15. The number of hydrogen-bond acceptors (Lipinski definition) is 3. The maximum absolute atomic E-state index is 6.32. The van der Waals surface area contributed by atoms with Crippen LogP contribution in [0, 0.1) is 0 Å². The van der Waals surface area contributed by atoms with Crippen LogP contribution in [0.1, 0.15) is 38.4 Å². The molecule has 1 fully saturated rings. The standard InChI is InChI=1S/C16H21N3O/c1-3-19-15(17)14(18-16(19)11-9-10-11)12-7-5-6-8-13(12)20-4-2/h5-8,11H,3-4,9-10,17H2,1-2H3. The van der Waals surface area contributed by atoms with Crippen LogP contribution in [-0.2, 0) is 6.54 Å². The van der Waals surface area contributed by atoms with E-state index in [1.165, 1.54) is 12.8 Å². The Morgan fingerprint density at radius 2 is 2.05 bits per heavy atom. The highest BCUT2D eigenvalue weighted by Crippen LogP contribution is 2.43. The quantitative estimate of drug-likeness (QED) is 0.906. The third kappa shape index (κ3) is 2.15. The molecule has 20 heavy (non-hydrogen) atoms. The van der Waals surface area contributed by atoms with E-state index in [4.69, 9.17) is 15.5 Å². The topological polar surface area (TPSA) is 53.1 Å². The van der Waals surface area contributed by atoms with Gasteiger partial charge in [0.15, 0.2) is 0 Å². The van der Waals surface area contributed by atoms with Crippen LogP contribution in [0.5, 0.6) is 5.75 Å². The molecule has 4 heteroatoms. The largest absolute Gasteiger partial charge is 0.493 e. The molecule has 0 aliphatic heterocycles. The number of rotatable bonds is 5. The third-order valence-electron chi connectivity index (χ3n) is 3.74. The number of aromatic nitrogens is 2. The molecule has 106 valence electrons. The molecule has 2 aromatic rings. The van der Waals surface area contributed by atoms with Crippen LogP contribution in [0.2, 0.25) is 0 Å². The second kappa shape index (κ2) is 5.19. The summed E-state index contributed by atoms with van der Waals surface area (Å²) < 4.78 is 7.84. The van der Waals surface area contributed by atoms with Crippen molar-refractivity contribution in [2.45, 2.75) is 39.2 Å². The Hall–Kier alpha value is -1.97. The lowest BCUT2D eigenvalue weighted by Crippen LogP contribution is -2.04. The van der Waals surface area contributed by atoms with E-state index in [0.717, 1.165) is 35.2 Å². The maximum Gasteiger partial charge on any atom is 0.131 e. The van der Waals surface area contributed by atoms with Crippen molar-refractivity contribution < 1.29 is 4.74 Å². The fraction of sp³-hybridized carbons (Fsp3) is 0.438. The van der Waals surface area contributed by atoms with E-state index in [1.807, 2.05) is 31.2 Å². The predicted octanol–water partition coefficient (Wildman–Crippen LogP) is 3.43.